The van der Waals surface area contributed by atoms with Gasteiger partial charge in [0.2, 0.25) is 0 Å². The summed E-state index contributed by atoms with van der Waals surface area (Å²) in [7, 11) is 2.24. The van der Waals surface area contributed by atoms with Gasteiger partial charge in [-0.15, -0.1) is 0 Å². The molecule has 1 aliphatic rings. The van der Waals surface area contributed by atoms with Crippen molar-refractivity contribution in [3.8, 4) is 5.75 Å². The average Bonchev–Trinajstić information content (AvgIpc) is 2.51. The SMILES string of the molecule is CC(C)Oc1ccc(C[NH2+]CC[C@]2(O)C[C@H](C)[NH+](C)C[C@@H]2C)cc1. The molecule has 0 spiro atoms. The molecule has 1 unspecified atom stereocenters. The molecule has 4 N–H and O–H groups in total. The van der Waals surface area contributed by atoms with Crippen LogP contribution >= 0.6 is 0 Å². The van der Waals surface area contributed by atoms with Crippen molar-refractivity contribution in [3.05, 3.63) is 29.8 Å². The second-order valence-electron chi connectivity index (χ2n) is 8.00. The topological polar surface area (TPSA) is 50.5 Å². The number of hydrogen-bond acceptors (Lipinski definition) is 2. The Morgan fingerprint density at radius 3 is 2.58 bits per heavy atom. The van der Waals surface area contributed by atoms with Crippen LogP contribution in [-0.4, -0.2) is 43.0 Å². The molecule has 1 aliphatic heterocycles. The maximum atomic E-state index is 11.0. The summed E-state index contributed by atoms with van der Waals surface area (Å²) in [4.78, 5) is 1.54. The van der Waals surface area contributed by atoms with E-state index in [0.717, 1.165) is 38.2 Å². The summed E-state index contributed by atoms with van der Waals surface area (Å²) in [6.45, 7) is 11.5. The number of rotatable bonds is 7. The fourth-order valence-electron chi connectivity index (χ4n) is 3.73. The van der Waals surface area contributed by atoms with Gasteiger partial charge >= 0.3 is 0 Å². The zero-order chi connectivity index (χ0) is 17.7. The zero-order valence-corrected chi connectivity index (χ0v) is 16.0. The number of likely N-dealkylation sites (tertiary alicyclic amines) is 1. The van der Waals surface area contributed by atoms with Crippen molar-refractivity contribution in [2.45, 2.75) is 64.8 Å². The van der Waals surface area contributed by atoms with E-state index in [1.54, 1.807) is 4.90 Å². The van der Waals surface area contributed by atoms with Gasteiger partial charge in [-0.1, -0.05) is 6.92 Å². The Morgan fingerprint density at radius 2 is 1.96 bits per heavy atom. The molecule has 0 bridgehead atoms. The zero-order valence-electron chi connectivity index (χ0n) is 16.0. The summed E-state index contributed by atoms with van der Waals surface area (Å²) in [5.74, 6) is 1.30. The second kappa shape index (κ2) is 8.32. The summed E-state index contributed by atoms with van der Waals surface area (Å²) < 4.78 is 5.67. The van der Waals surface area contributed by atoms with Gasteiger partial charge in [-0.05, 0) is 45.0 Å². The van der Waals surface area contributed by atoms with Crippen LogP contribution in [0, 0.1) is 5.92 Å². The van der Waals surface area contributed by atoms with Crippen LogP contribution in [0.3, 0.4) is 0 Å². The van der Waals surface area contributed by atoms with Gasteiger partial charge in [0.15, 0.2) is 0 Å². The Labute approximate surface area is 147 Å². The number of piperidine rings is 1. The highest BCUT2D eigenvalue weighted by atomic mass is 16.5. The van der Waals surface area contributed by atoms with Gasteiger partial charge in [-0.2, -0.15) is 0 Å². The maximum Gasteiger partial charge on any atom is 0.119 e. The molecule has 1 aromatic rings. The highest BCUT2D eigenvalue weighted by molar-refractivity contribution is 5.26. The van der Waals surface area contributed by atoms with Crippen molar-refractivity contribution < 1.29 is 20.1 Å². The number of benzene rings is 1. The number of quaternary nitrogens is 2. The van der Waals surface area contributed by atoms with E-state index in [1.165, 1.54) is 5.56 Å². The highest BCUT2D eigenvalue weighted by Crippen LogP contribution is 2.27. The van der Waals surface area contributed by atoms with Gasteiger partial charge in [0.25, 0.3) is 0 Å². The van der Waals surface area contributed by atoms with E-state index in [2.05, 4.69) is 38.3 Å². The fraction of sp³-hybridized carbons (Fsp3) is 0.700. The molecule has 1 aromatic carbocycles. The van der Waals surface area contributed by atoms with E-state index >= 15 is 0 Å². The van der Waals surface area contributed by atoms with Crippen LogP contribution in [0.5, 0.6) is 5.75 Å². The molecule has 4 heteroatoms. The number of nitrogens with one attached hydrogen (secondary N) is 1. The monoisotopic (exact) mass is 336 g/mol. The molecular formula is C20H36N2O2+2. The van der Waals surface area contributed by atoms with Crippen LogP contribution < -0.4 is 15.0 Å². The van der Waals surface area contributed by atoms with Gasteiger partial charge in [-0.3, -0.25) is 0 Å². The third-order valence-corrected chi connectivity index (χ3v) is 5.50. The standard InChI is InChI=1S/C20H34N2O2/c1-15(2)24-19-8-6-18(7-9-19)13-21-11-10-20(23)12-17(4)22(5)14-16(20)3/h6-9,15-17,21,23H,10-14H2,1-5H3/p+2/t16-,17-,20-/m0/s1. The van der Waals surface area contributed by atoms with Crippen molar-refractivity contribution in [2.75, 3.05) is 20.1 Å². The molecule has 0 aromatic heterocycles. The molecule has 0 aliphatic carbocycles. The van der Waals surface area contributed by atoms with E-state index < -0.39 is 5.60 Å². The first kappa shape index (κ1) is 19.2. The highest BCUT2D eigenvalue weighted by Gasteiger charge is 2.43. The summed E-state index contributed by atoms with van der Waals surface area (Å²) in [5, 5.41) is 13.3. The van der Waals surface area contributed by atoms with E-state index in [4.69, 9.17) is 4.74 Å². The van der Waals surface area contributed by atoms with Crippen molar-refractivity contribution in [1.29, 1.82) is 0 Å². The van der Waals surface area contributed by atoms with Gasteiger partial charge in [0.05, 0.1) is 37.9 Å². The lowest BCUT2D eigenvalue weighted by molar-refractivity contribution is -0.916. The first-order valence-electron chi connectivity index (χ1n) is 9.42. The number of nitrogens with two attached hydrogens (primary N) is 1. The molecular weight excluding hydrogens is 300 g/mol. The molecule has 0 radical (unpaired) electrons. The predicted octanol–water partition coefficient (Wildman–Crippen LogP) is 0.601. The smallest absolute Gasteiger partial charge is 0.119 e. The molecule has 0 amide bonds. The maximum absolute atomic E-state index is 11.0. The van der Waals surface area contributed by atoms with Crippen LogP contribution in [0.25, 0.3) is 0 Å². The Hall–Kier alpha value is -1.10. The van der Waals surface area contributed by atoms with Crippen molar-refractivity contribution in [3.63, 3.8) is 0 Å². The average molecular weight is 337 g/mol. The number of hydrogen-bond donors (Lipinski definition) is 3. The largest absolute Gasteiger partial charge is 0.491 e. The van der Waals surface area contributed by atoms with Crippen LogP contribution in [0.2, 0.25) is 0 Å². The van der Waals surface area contributed by atoms with Gasteiger partial charge in [0.1, 0.15) is 12.3 Å². The Morgan fingerprint density at radius 1 is 1.29 bits per heavy atom. The minimum absolute atomic E-state index is 0.212. The first-order valence-corrected chi connectivity index (χ1v) is 9.42. The van der Waals surface area contributed by atoms with E-state index in [0.29, 0.717) is 12.0 Å². The van der Waals surface area contributed by atoms with E-state index in [1.807, 2.05) is 26.0 Å². The van der Waals surface area contributed by atoms with Gasteiger partial charge < -0.3 is 20.1 Å². The lowest BCUT2D eigenvalue weighted by Gasteiger charge is -2.43. The fourth-order valence-corrected chi connectivity index (χ4v) is 3.73. The summed E-state index contributed by atoms with van der Waals surface area (Å²) in [5.41, 5.74) is 0.803. The molecule has 1 saturated heterocycles. The van der Waals surface area contributed by atoms with Crippen molar-refractivity contribution in [2.24, 2.45) is 5.92 Å². The molecule has 2 rings (SSSR count). The van der Waals surface area contributed by atoms with Crippen LogP contribution in [0.15, 0.2) is 24.3 Å². The minimum Gasteiger partial charge on any atom is -0.491 e. The number of aliphatic hydroxyl groups is 1. The minimum atomic E-state index is -0.496. The quantitative estimate of drug-likeness (QED) is 0.639. The van der Waals surface area contributed by atoms with Crippen molar-refractivity contribution in [1.82, 2.24) is 0 Å². The summed E-state index contributed by atoms with van der Waals surface area (Å²) in [6, 6.07) is 8.89. The van der Waals surface area contributed by atoms with Crippen LogP contribution in [-0.2, 0) is 6.54 Å². The van der Waals surface area contributed by atoms with Crippen LogP contribution in [0.1, 0.15) is 46.1 Å². The Balaban J connectivity index is 1.76. The molecule has 136 valence electrons. The van der Waals surface area contributed by atoms with Gasteiger partial charge in [0, 0.05) is 24.3 Å². The lowest BCUT2D eigenvalue weighted by Crippen LogP contribution is -3.15. The normalized spacial score (nSPS) is 30.5. The number of ether oxygens (including phenoxy) is 1. The molecule has 4 atom stereocenters. The molecule has 4 nitrogen and oxygen atoms in total. The predicted molar refractivity (Wildman–Crippen MR) is 97.3 cm³/mol. The van der Waals surface area contributed by atoms with Crippen molar-refractivity contribution >= 4 is 0 Å². The summed E-state index contributed by atoms with van der Waals surface area (Å²) in [6.07, 6.45) is 2.00. The summed E-state index contributed by atoms with van der Waals surface area (Å²) >= 11 is 0. The molecule has 1 heterocycles. The van der Waals surface area contributed by atoms with Crippen LogP contribution in [0.4, 0.5) is 0 Å². The Kier molecular flexibility index (Phi) is 6.67. The molecule has 0 saturated carbocycles. The van der Waals surface area contributed by atoms with E-state index in [-0.39, 0.29) is 6.10 Å². The third kappa shape index (κ3) is 5.20. The lowest BCUT2D eigenvalue weighted by atomic mass is 9.77. The Bertz CT molecular complexity index is 503. The third-order valence-electron chi connectivity index (χ3n) is 5.50. The molecule has 24 heavy (non-hydrogen) atoms. The van der Waals surface area contributed by atoms with Gasteiger partial charge in [-0.25, -0.2) is 0 Å². The second-order valence-corrected chi connectivity index (χ2v) is 8.00. The first-order chi connectivity index (χ1) is 11.3. The van der Waals surface area contributed by atoms with E-state index in [9.17, 15) is 5.11 Å². The molecule has 1 fully saturated rings.